The number of nitrogens with zero attached hydrogens (tertiary/aromatic N) is 1. The van der Waals surface area contributed by atoms with Crippen LogP contribution in [0.15, 0.2) is 46.2 Å². The van der Waals surface area contributed by atoms with Gasteiger partial charge in [0.05, 0.1) is 33.4 Å². The molecular formula is C29H35ClN6O10S4. The van der Waals surface area contributed by atoms with Crippen molar-refractivity contribution in [2.24, 2.45) is 5.14 Å². The maximum Gasteiger partial charge on any atom is 0.326 e. The van der Waals surface area contributed by atoms with E-state index in [1.54, 1.807) is 47.8 Å². The van der Waals surface area contributed by atoms with Crippen LogP contribution in [0.5, 0.6) is 0 Å². The number of thioether (sulfide) groups is 2. The summed E-state index contributed by atoms with van der Waals surface area (Å²) >= 11 is 9.32. The minimum Gasteiger partial charge on any atom is -0.480 e. The van der Waals surface area contributed by atoms with Gasteiger partial charge in [0, 0.05) is 30.2 Å². The van der Waals surface area contributed by atoms with Crippen LogP contribution >= 0.6 is 35.1 Å². The van der Waals surface area contributed by atoms with E-state index in [0.29, 0.717) is 18.5 Å². The van der Waals surface area contributed by atoms with Crippen molar-refractivity contribution in [1.82, 2.24) is 14.9 Å². The smallest absolute Gasteiger partial charge is 0.326 e. The molecule has 16 nitrogen and oxygen atoms in total. The van der Waals surface area contributed by atoms with Gasteiger partial charge in [0.1, 0.15) is 21.9 Å². The summed E-state index contributed by atoms with van der Waals surface area (Å²) in [6.45, 7) is 1.81. The fraction of sp³-hybridized carbons (Fsp3) is 0.448. The first kappa shape index (κ1) is 38.1. The third-order valence-corrected chi connectivity index (χ3v) is 14.7. The zero-order valence-corrected chi connectivity index (χ0v) is 30.4. The molecule has 8 N–H and O–H groups in total. The molecular weight excluding hydrogens is 756 g/mol. The zero-order chi connectivity index (χ0) is 36.6. The Bertz CT molecular complexity index is 1910. The lowest BCUT2D eigenvalue weighted by atomic mass is 10.0. The van der Waals surface area contributed by atoms with Gasteiger partial charge in [-0.15, -0.1) is 23.5 Å². The van der Waals surface area contributed by atoms with Crippen molar-refractivity contribution in [3.8, 4) is 0 Å². The molecule has 3 heterocycles. The summed E-state index contributed by atoms with van der Waals surface area (Å²) in [6.07, 6.45) is -0.670. The van der Waals surface area contributed by atoms with Crippen molar-refractivity contribution in [2.45, 2.75) is 70.8 Å². The van der Waals surface area contributed by atoms with Crippen molar-refractivity contribution >= 4 is 90.3 Å². The van der Waals surface area contributed by atoms with E-state index in [4.69, 9.17) is 16.7 Å². The highest BCUT2D eigenvalue weighted by atomic mass is 35.5. The van der Waals surface area contributed by atoms with Gasteiger partial charge in [0.25, 0.3) is 0 Å². The first-order chi connectivity index (χ1) is 23.4. The Labute approximate surface area is 301 Å². The standard InChI is InChI=1S/C29H35ClN6O10S4/c1-15(26(38)36-14-29(47-8-9-48-29)13-21(36)28(41)42)32-19(27(39)40)7-4-16-2-5-17(6-3-16)33-25(37)12-24-34-20-10-18(30)22(49(31,43)44)11-23(20)50(45,46)35-24/h2-3,5-6,10-11,15,19,21,24,32,34-35H,4,7-9,12-14H2,1H3,(H,33,37)(H,39,40)(H,41,42)(H2,31,43,44)/t15-,19-,21?,24?/m0/s1. The van der Waals surface area contributed by atoms with E-state index in [9.17, 15) is 46.2 Å². The second-order valence-corrected chi connectivity index (χ2v) is 18.9. The number of aliphatic carboxylic acids is 2. The van der Waals surface area contributed by atoms with Gasteiger partial charge in [-0.05, 0) is 49.6 Å². The van der Waals surface area contributed by atoms with E-state index in [1.165, 1.54) is 11.8 Å². The first-order valence-corrected chi connectivity index (χ1v) is 20.6. The fourth-order valence-corrected chi connectivity index (χ4v) is 11.8. The average Bonchev–Trinajstić information content (AvgIpc) is 3.64. The molecule has 2 aromatic carbocycles. The molecule has 0 aromatic heterocycles. The molecule has 50 heavy (non-hydrogen) atoms. The van der Waals surface area contributed by atoms with Crippen molar-refractivity contribution < 1.29 is 46.2 Å². The first-order valence-electron chi connectivity index (χ1n) is 15.2. The number of likely N-dealkylation sites (tertiary alicyclic amines) is 1. The van der Waals surface area contributed by atoms with Gasteiger partial charge in [0.2, 0.25) is 31.9 Å². The Morgan fingerprint density at radius 2 is 1.80 bits per heavy atom. The topological polar surface area (TPSA) is 254 Å². The molecule has 0 aliphatic carbocycles. The number of benzene rings is 2. The maximum atomic E-state index is 13.3. The lowest BCUT2D eigenvalue weighted by Gasteiger charge is -2.28. The molecule has 3 aliphatic heterocycles. The van der Waals surface area contributed by atoms with Crippen LogP contribution in [0.1, 0.15) is 31.7 Å². The van der Waals surface area contributed by atoms with Crippen molar-refractivity contribution in [2.75, 3.05) is 28.7 Å². The van der Waals surface area contributed by atoms with Crippen LogP contribution in [-0.2, 0) is 45.6 Å². The van der Waals surface area contributed by atoms with E-state index in [1.807, 2.05) is 0 Å². The molecule has 2 unspecified atom stereocenters. The number of carbonyl (C=O) groups is 4. The normalized spacial score (nSPS) is 21.9. The summed E-state index contributed by atoms with van der Waals surface area (Å²) in [5, 5.41) is 32.8. The fourth-order valence-electron chi connectivity index (χ4n) is 6.01. The summed E-state index contributed by atoms with van der Waals surface area (Å²) in [4.78, 5) is 50.5. The average molecular weight is 791 g/mol. The van der Waals surface area contributed by atoms with E-state index < -0.39 is 77.9 Å². The Kier molecular flexibility index (Phi) is 11.3. The van der Waals surface area contributed by atoms with Gasteiger partial charge < -0.3 is 25.7 Å². The molecule has 3 aliphatic rings. The molecule has 0 saturated carbocycles. The zero-order valence-electron chi connectivity index (χ0n) is 26.4. The monoisotopic (exact) mass is 790 g/mol. The van der Waals surface area contributed by atoms with E-state index in [2.05, 4.69) is 20.7 Å². The summed E-state index contributed by atoms with van der Waals surface area (Å²) in [5.74, 6) is -1.51. The number of nitrogens with two attached hydrogens (primary N) is 1. The summed E-state index contributed by atoms with van der Waals surface area (Å²) in [5.41, 5.74) is 1.12. The number of rotatable bonds is 12. The number of carboxylic acid groups (broad SMARTS) is 2. The molecule has 2 saturated heterocycles. The molecule has 4 atom stereocenters. The Balaban J connectivity index is 1.14. The lowest BCUT2D eigenvalue weighted by molar-refractivity contribution is -0.149. The molecule has 2 amide bonds. The number of hydrogen-bond donors (Lipinski definition) is 7. The number of hydrogen-bond acceptors (Lipinski definition) is 12. The van der Waals surface area contributed by atoms with Gasteiger partial charge in [0.15, 0.2) is 0 Å². The van der Waals surface area contributed by atoms with Crippen LogP contribution in [0.2, 0.25) is 5.02 Å². The molecule has 21 heteroatoms. The predicted molar refractivity (Wildman–Crippen MR) is 188 cm³/mol. The van der Waals surface area contributed by atoms with Gasteiger partial charge in [-0.2, -0.15) is 4.72 Å². The number of primary sulfonamides is 1. The molecule has 2 fully saturated rings. The number of nitrogens with one attached hydrogen (secondary N) is 4. The van der Waals surface area contributed by atoms with Gasteiger partial charge in [-0.1, -0.05) is 23.7 Å². The molecule has 0 bridgehead atoms. The van der Waals surface area contributed by atoms with E-state index in [0.717, 1.165) is 29.2 Å². The molecule has 2 aromatic rings. The second-order valence-electron chi connectivity index (χ2n) is 12.0. The summed E-state index contributed by atoms with van der Waals surface area (Å²) < 4.78 is 51.0. The third kappa shape index (κ3) is 8.67. The van der Waals surface area contributed by atoms with E-state index in [-0.39, 0.29) is 34.2 Å². The lowest BCUT2D eigenvalue weighted by Crippen LogP contribution is -2.53. The number of carbonyl (C=O) groups excluding carboxylic acids is 2. The summed E-state index contributed by atoms with van der Waals surface area (Å²) in [6, 6.07) is 5.50. The molecule has 272 valence electrons. The Morgan fingerprint density at radius 1 is 1.14 bits per heavy atom. The second kappa shape index (κ2) is 14.9. The number of halogens is 1. The number of fused-ring (bicyclic) bond motifs is 1. The predicted octanol–water partition coefficient (Wildman–Crippen LogP) is 1.27. The number of amides is 2. The summed E-state index contributed by atoms with van der Waals surface area (Å²) in [7, 11) is -8.52. The third-order valence-electron chi connectivity index (χ3n) is 8.40. The minimum atomic E-state index is -4.29. The number of carboxylic acids is 2. The van der Waals surface area contributed by atoms with Crippen molar-refractivity contribution in [3.63, 3.8) is 0 Å². The van der Waals surface area contributed by atoms with Gasteiger partial charge in [-0.25, -0.2) is 26.8 Å². The van der Waals surface area contributed by atoms with E-state index >= 15 is 0 Å². The molecule has 1 spiro atoms. The highest BCUT2D eigenvalue weighted by molar-refractivity contribution is 8.21. The Morgan fingerprint density at radius 3 is 2.40 bits per heavy atom. The van der Waals surface area contributed by atoms with Crippen LogP contribution < -0.4 is 25.8 Å². The molecule has 0 radical (unpaired) electrons. The van der Waals surface area contributed by atoms with Crippen LogP contribution in [0.25, 0.3) is 0 Å². The van der Waals surface area contributed by atoms with Crippen LogP contribution in [-0.4, -0.2) is 102 Å². The van der Waals surface area contributed by atoms with Crippen LogP contribution in [0.4, 0.5) is 11.4 Å². The maximum absolute atomic E-state index is 13.3. The number of sulfonamides is 2. The number of aryl methyl sites for hydroxylation is 1. The number of anilines is 2. The van der Waals surface area contributed by atoms with Gasteiger partial charge >= 0.3 is 11.9 Å². The van der Waals surface area contributed by atoms with Crippen molar-refractivity contribution in [1.29, 1.82) is 0 Å². The largest absolute Gasteiger partial charge is 0.480 e. The highest BCUT2D eigenvalue weighted by Gasteiger charge is 2.52. The highest BCUT2D eigenvalue weighted by Crippen LogP contribution is 2.51. The van der Waals surface area contributed by atoms with Gasteiger partial charge in [-0.3, -0.25) is 19.7 Å². The van der Waals surface area contributed by atoms with Crippen molar-refractivity contribution in [3.05, 3.63) is 47.0 Å². The molecule has 5 rings (SSSR count). The van der Waals surface area contributed by atoms with Crippen LogP contribution in [0.3, 0.4) is 0 Å². The quantitative estimate of drug-likeness (QED) is 0.160. The Hall–Kier alpha value is -3.11. The van der Waals surface area contributed by atoms with Crippen LogP contribution in [0, 0.1) is 0 Å². The minimum absolute atomic E-state index is 0.00705. The SMILES string of the molecule is C[C@H](N[C@@H](CCc1ccc(NC(=O)CC2Nc3cc(Cl)c(S(N)(=O)=O)cc3S(=O)(=O)N2)cc1)C(=O)O)C(=O)N1CC2(CC1C(=O)O)SCCS2.